The zero-order valence-corrected chi connectivity index (χ0v) is 19.2. The maximum absolute atomic E-state index is 14.2. The highest BCUT2D eigenvalue weighted by Crippen LogP contribution is 2.25. The Bertz CT molecular complexity index is 795. The number of thioether (sulfide) groups is 1. The van der Waals surface area contributed by atoms with Crippen molar-refractivity contribution in [2.75, 3.05) is 42.2 Å². The minimum Gasteiger partial charge on any atom is -0.366 e. The van der Waals surface area contributed by atoms with E-state index in [0.29, 0.717) is 11.7 Å². The second-order valence-electron chi connectivity index (χ2n) is 7.91. The van der Waals surface area contributed by atoms with Gasteiger partial charge in [0.15, 0.2) is 5.16 Å². The van der Waals surface area contributed by atoms with Crippen LogP contribution in [-0.2, 0) is 6.54 Å². The average Bonchev–Trinajstić information content (AvgIpc) is 2.78. The van der Waals surface area contributed by atoms with Crippen LogP contribution in [-0.4, -0.2) is 48.4 Å². The fourth-order valence-corrected chi connectivity index (χ4v) is 4.17. The lowest BCUT2D eigenvalue weighted by Crippen LogP contribution is -2.47. The van der Waals surface area contributed by atoms with Crippen LogP contribution in [0.4, 0.5) is 15.9 Å². The van der Waals surface area contributed by atoms with Gasteiger partial charge in [0.25, 0.3) is 0 Å². The molecule has 0 radical (unpaired) electrons. The Labute approximate surface area is 184 Å². The molecule has 0 saturated carbocycles. The number of para-hydroxylation sites is 1. The predicted octanol–water partition coefficient (Wildman–Crippen LogP) is 4.72. The first-order valence-corrected chi connectivity index (χ1v) is 12.2. The molecule has 5 nitrogen and oxygen atoms in total. The predicted molar refractivity (Wildman–Crippen MR) is 125 cm³/mol. The van der Waals surface area contributed by atoms with E-state index in [9.17, 15) is 4.39 Å². The van der Waals surface area contributed by atoms with Gasteiger partial charge >= 0.3 is 0 Å². The molecule has 30 heavy (non-hydrogen) atoms. The maximum Gasteiger partial charge on any atom is 0.189 e. The summed E-state index contributed by atoms with van der Waals surface area (Å²) in [5, 5.41) is 4.44. The SMILES string of the molecule is CCCCCC(C)NCc1cnc(SC)nc1N1CCN(c2ccccc2F)CC1. The van der Waals surface area contributed by atoms with E-state index in [2.05, 4.69) is 33.9 Å². The Kier molecular flexibility index (Phi) is 8.75. The van der Waals surface area contributed by atoms with E-state index >= 15 is 0 Å². The summed E-state index contributed by atoms with van der Waals surface area (Å²) < 4.78 is 14.2. The summed E-state index contributed by atoms with van der Waals surface area (Å²) in [5.74, 6) is 0.857. The molecule has 1 N–H and O–H groups in total. The summed E-state index contributed by atoms with van der Waals surface area (Å²) in [6, 6.07) is 7.50. The zero-order chi connectivity index (χ0) is 21.3. The Morgan fingerprint density at radius 3 is 2.57 bits per heavy atom. The molecule has 0 aliphatic carbocycles. The van der Waals surface area contributed by atoms with Crippen molar-refractivity contribution in [3.63, 3.8) is 0 Å². The lowest BCUT2D eigenvalue weighted by atomic mass is 10.1. The van der Waals surface area contributed by atoms with Crippen LogP contribution in [0, 0.1) is 5.82 Å². The quantitative estimate of drug-likeness (QED) is 0.334. The molecule has 1 saturated heterocycles. The van der Waals surface area contributed by atoms with Crippen LogP contribution in [0.5, 0.6) is 0 Å². The number of nitrogens with one attached hydrogen (secondary N) is 1. The molecular formula is C23H34FN5S. The van der Waals surface area contributed by atoms with Crippen LogP contribution in [0.2, 0.25) is 0 Å². The second-order valence-corrected chi connectivity index (χ2v) is 8.68. The molecule has 1 unspecified atom stereocenters. The van der Waals surface area contributed by atoms with E-state index in [-0.39, 0.29) is 5.82 Å². The standard InChI is InChI=1S/C23H34FN5S/c1-4-5-6-9-18(2)25-16-19-17-26-23(30-3)27-22(19)29-14-12-28(13-15-29)21-11-8-7-10-20(21)24/h7-8,10-11,17-18,25H,4-6,9,12-16H2,1-3H3. The third-order valence-electron chi connectivity index (χ3n) is 5.66. The number of hydrogen-bond donors (Lipinski definition) is 1. The minimum absolute atomic E-state index is 0.153. The van der Waals surface area contributed by atoms with Crippen LogP contribution in [0.15, 0.2) is 35.6 Å². The van der Waals surface area contributed by atoms with Crippen molar-refractivity contribution in [1.29, 1.82) is 0 Å². The molecule has 2 aromatic rings. The molecular weight excluding hydrogens is 397 g/mol. The van der Waals surface area contributed by atoms with Gasteiger partial charge in [-0.1, -0.05) is 50.1 Å². The van der Waals surface area contributed by atoms with Crippen LogP contribution >= 0.6 is 11.8 Å². The van der Waals surface area contributed by atoms with E-state index in [1.807, 2.05) is 24.6 Å². The van der Waals surface area contributed by atoms with Gasteiger partial charge in [0.2, 0.25) is 0 Å². The molecule has 1 fully saturated rings. The highest BCUT2D eigenvalue weighted by Gasteiger charge is 2.22. The number of anilines is 2. The summed E-state index contributed by atoms with van der Waals surface area (Å²) in [4.78, 5) is 13.8. The molecule has 0 bridgehead atoms. The Hall–Kier alpha value is -1.86. The third kappa shape index (κ3) is 6.08. The molecule has 1 aromatic carbocycles. The van der Waals surface area contributed by atoms with E-state index in [0.717, 1.165) is 49.3 Å². The van der Waals surface area contributed by atoms with Gasteiger partial charge in [0.1, 0.15) is 11.6 Å². The van der Waals surface area contributed by atoms with Gasteiger partial charge < -0.3 is 15.1 Å². The normalized spacial score (nSPS) is 15.5. The number of rotatable bonds is 10. The molecule has 1 aromatic heterocycles. The van der Waals surface area contributed by atoms with Crippen LogP contribution in [0.1, 0.15) is 45.1 Å². The lowest BCUT2D eigenvalue weighted by molar-refractivity contribution is 0.485. The monoisotopic (exact) mass is 431 g/mol. The summed E-state index contributed by atoms with van der Waals surface area (Å²) in [5.41, 5.74) is 1.82. The van der Waals surface area contributed by atoms with E-state index < -0.39 is 0 Å². The molecule has 1 atom stereocenters. The van der Waals surface area contributed by atoms with Crippen LogP contribution in [0.25, 0.3) is 0 Å². The Morgan fingerprint density at radius 1 is 1.13 bits per heavy atom. The van der Waals surface area contributed by atoms with E-state index in [1.165, 1.54) is 31.7 Å². The molecule has 1 aliphatic rings. The molecule has 0 spiro atoms. The van der Waals surface area contributed by atoms with Crippen molar-refractivity contribution in [3.8, 4) is 0 Å². The fraction of sp³-hybridized carbons (Fsp3) is 0.565. The lowest BCUT2D eigenvalue weighted by Gasteiger charge is -2.37. The first-order chi connectivity index (χ1) is 14.6. The minimum atomic E-state index is -0.153. The van der Waals surface area contributed by atoms with Crippen LogP contribution < -0.4 is 15.1 Å². The third-order valence-corrected chi connectivity index (χ3v) is 6.22. The molecule has 2 heterocycles. The highest BCUT2D eigenvalue weighted by atomic mass is 32.2. The molecule has 1 aliphatic heterocycles. The zero-order valence-electron chi connectivity index (χ0n) is 18.4. The number of nitrogens with zero attached hydrogens (tertiary/aromatic N) is 4. The second kappa shape index (κ2) is 11.5. The van der Waals surface area contributed by atoms with Gasteiger partial charge in [-0.25, -0.2) is 14.4 Å². The van der Waals surface area contributed by atoms with Crippen LogP contribution in [0.3, 0.4) is 0 Å². The summed E-state index contributed by atoms with van der Waals surface area (Å²) >= 11 is 1.56. The summed E-state index contributed by atoms with van der Waals surface area (Å²) in [6.45, 7) is 8.45. The fourth-order valence-electron chi connectivity index (χ4n) is 3.83. The number of unbranched alkanes of at least 4 members (excludes halogenated alkanes) is 2. The number of piperazine rings is 1. The van der Waals surface area contributed by atoms with Crippen molar-refractivity contribution in [2.24, 2.45) is 0 Å². The highest BCUT2D eigenvalue weighted by molar-refractivity contribution is 7.98. The number of benzene rings is 1. The number of halogens is 1. The van der Waals surface area contributed by atoms with Crippen molar-refractivity contribution >= 4 is 23.3 Å². The molecule has 7 heteroatoms. The smallest absolute Gasteiger partial charge is 0.189 e. The number of hydrogen-bond acceptors (Lipinski definition) is 6. The largest absolute Gasteiger partial charge is 0.366 e. The Balaban J connectivity index is 1.65. The van der Waals surface area contributed by atoms with Gasteiger partial charge in [-0.2, -0.15) is 0 Å². The first kappa shape index (κ1) is 22.8. The molecule has 3 rings (SSSR count). The molecule has 164 valence electrons. The summed E-state index contributed by atoms with van der Waals surface area (Å²) in [6.07, 6.45) is 8.95. The first-order valence-electron chi connectivity index (χ1n) is 11.0. The van der Waals surface area contributed by atoms with Crippen molar-refractivity contribution in [3.05, 3.63) is 41.8 Å². The van der Waals surface area contributed by atoms with Crippen molar-refractivity contribution in [1.82, 2.24) is 15.3 Å². The van der Waals surface area contributed by atoms with Gasteiger partial charge in [-0.15, -0.1) is 0 Å². The Morgan fingerprint density at radius 2 is 1.87 bits per heavy atom. The van der Waals surface area contributed by atoms with Gasteiger partial charge in [0, 0.05) is 50.5 Å². The van der Waals surface area contributed by atoms with Gasteiger partial charge in [-0.3, -0.25) is 0 Å². The van der Waals surface area contributed by atoms with E-state index in [4.69, 9.17) is 4.98 Å². The van der Waals surface area contributed by atoms with Crippen molar-refractivity contribution < 1.29 is 4.39 Å². The van der Waals surface area contributed by atoms with Gasteiger partial charge in [0.05, 0.1) is 5.69 Å². The topological polar surface area (TPSA) is 44.3 Å². The number of aromatic nitrogens is 2. The van der Waals surface area contributed by atoms with Crippen molar-refractivity contribution in [2.45, 2.75) is 57.3 Å². The van der Waals surface area contributed by atoms with Gasteiger partial charge in [-0.05, 0) is 31.7 Å². The maximum atomic E-state index is 14.2. The van der Waals surface area contributed by atoms with E-state index in [1.54, 1.807) is 17.8 Å². The summed E-state index contributed by atoms with van der Waals surface area (Å²) in [7, 11) is 0. The average molecular weight is 432 g/mol. The molecule has 0 amide bonds.